The molecule has 5 heteroatoms. The summed E-state index contributed by atoms with van der Waals surface area (Å²) in [7, 11) is 0. The molecule has 0 spiro atoms. The second-order valence-electron chi connectivity index (χ2n) is 6.67. The van der Waals surface area contributed by atoms with Crippen LogP contribution in [0.15, 0.2) is 53.1 Å². The summed E-state index contributed by atoms with van der Waals surface area (Å²) in [6.45, 7) is 5.96. The third-order valence-electron chi connectivity index (χ3n) is 3.61. The number of hydrogen-bond donors (Lipinski definition) is 1. The van der Waals surface area contributed by atoms with E-state index in [2.05, 4.69) is 10.5 Å². The van der Waals surface area contributed by atoms with Crippen molar-refractivity contribution in [3.63, 3.8) is 0 Å². The van der Waals surface area contributed by atoms with Crippen LogP contribution in [0.5, 0.6) is 5.75 Å². The lowest BCUT2D eigenvalue weighted by Gasteiger charge is -2.12. The summed E-state index contributed by atoms with van der Waals surface area (Å²) >= 11 is 0. The first-order valence-corrected chi connectivity index (χ1v) is 7.80. The molecule has 0 atom stereocenters. The highest BCUT2D eigenvalue weighted by Gasteiger charge is 2.20. The van der Waals surface area contributed by atoms with Gasteiger partial charge < -0.3 is 14.6 Å². The maximum atomic E-state index is 12.0. The van der Waals surface area contributed by atoms with E-state index in [4.69, 9.17) is 9.26 Å². The van der Waals surface area contributed by atoms with Gasteiger partial charge in [0.2, 0.25) is 0 Å². The number of carbonyl (C=O) groups is 1. The first-order chi connectivity index (χ1) is 11.4. The predicted molar refractivity (Wildman–Crippen MR) is 93.3 cm³/mol. The smallest absolute Gasteiger partial charge is 0.263 e. The molecule has 2 aromatic carbocycles. The zero-order valence-corrected chi connectivity index (χ0v) is 14.0. The number of benzene rings is 2. The number of rotatable bonds is 4. The van der Waals surface area contributed by atoms with Gasteiger partial charge in [-0.25, -0.2) is 0 Å². The Kier molecular flexibility index (Phi) is 4.25. The Morgan fingerprint density at radius 2 is 1.88 bits per heavy atom. The summed E-state index contributed by atoms with van der Waals surface area (Å²) in [6, 6.07) is 15.5. The zero-order valence-electron chi connectivity index (χ0n) is 14.0. The van der Waals surface area contributed by atoms with Crippen molar-refractivity contribution in [3.05, 3.63) is 54.3 Å². The van der Waals surface area contributed by atoms with Crippen LogP contribution in [0.4, 0.5) is 5.82 Å². The van der Waals surface area contributed by atoms with Crippen molar-refractivity contribution < 1.29 is 14.1 Å². The fraction of sp³-hybridized carbons (Fsp3) is 0.263. The molecule has 24 heavy (non-hydrogen) atoms. The SMILES string of the molecule is CC(C)(C)c1cc(NC(=O)COc2ccc3ccccc3c2)no1. The summed E-state index contributed by atoms with van der Waals surface area (Å²) < 4.78 is 10.8. The van der Waals surface area contributed by atoms with Gasteiger partial charge in [-0.2, -0.15) is 0 Å². The normalized spacial score (nSPS) is 11.5. The fourth-order valence-corrected chi connectivity index (χ4v) is 2.27. The van der Waals surface area contributed by atoms with E-state index in [1.807, 2.05) is 63.2 Å². The van der Waals surface area contributed by atoms with Gasteiger partial charge in [-0.1, -0.05) is 56.3 Å². The first kappa shape index (κ1) is 16.1. The molecule has 1 aromatic heterocycles. The van der Waals surface area contributed by atoms with Crippen molar-refractivity contribution in [1.82, 2.24) is 5.16 Å². The van der Waals surface area contributed by atoms with Crippen LogP contribution in [-0.2, 0) is 10.2 Å². The van der Waals surface area contributed by atoms with Crippen molar-refractivity contribution >= 4 is 22.5 Å². The van der Waals surface area contributed by atoms with E-state index in [-0.39, 0.29) is 17.9 Å². The average Bonchev–Trinajstić information content (AvgIpc) is 3.01. The second kappa shape index (κ2) is 6.35. The van der Waals surface area contributed by atoms with Gasteiger partial charge in [0.25, 0.3) is 5.91 Å². The van der Waals surface area contributed by atoms with Gasteiger partial charge in [0, 0.05) is 11.5 Å². The average molecular weight is 324 g/mol. The first-order valence-electron chi connectivity index (χ1n) is 7.80. The van der Waals surface area contributed by atoms with E-state index in [1.165, 1.54) is 0 Å². The van der Waals surface area contributed by atoms with Crippen LogP contribution in [0.1, 0.15) is 26.5 Å². The molecule has 0 aliphatic rings. The lowest BCUT2D eigenvalue weighted by molar-refractivity contribution is -0.118. The highest BCUT2D eigenvalue weighted by Crippen LogP contribution is 2.24. The molecule has 0 radical (unpaired) electrons. The Morgan fingerprint density at radius 3 is 2.58 bits per heavy atom. The molecule has 0 saturated heterocycles. The van der Waals surface area contributed by atoms with E-state index < -0.39 is 0 Å². The van der Waals surface area contributed by atoms with E-state index in [0.29, 0.717) is 17.3 Å². The van der Waals surface area contributed by atoms with E-state index in [1.54, 1.807) is 6.07 Å². The Labute approximate surface area is 140 Å². The molecule has 0 saturated carbocycles. The second-order valence-corrected chi connectivity index (χ2v) is 6.67. The molecular formula is C19H20N2O3. The minimum absolute atomic E-state index is 0.0873. The summed E-state index contributed by atoms with van der Waals surface area (Å²) in [4.78, 5) is 12.0. The van der Waals surface area contributed by atoms with Crippen molar-refractivity contribution in [2.75, 3.05) is 11.9 Å². The number of amides is 1. The van der Waals surface area contributed by atoms with E-state index in [9.17, 15) is 4.79 Å². The van der Waals surface area contributed by atoms with Gasteiger partial charge in [-0.15, -0.1) is 0 Å². The predicted octanol–water partition coefficient (Wildman–Crippen LogP) is 4.14. The van der Waals surface area contributed by atoms with Crippen LogP contribution in [0, 0.1) is 0 Å². The van der Waals surface area contributed by atoms with Gasteiger partial charge >= 0.3 is 0 Å². The maximum Gasteiger partial charge on any atom is 0.263 e. The third kappa shape index (κ3) is 3.74. The van der Waals surface area contributed by atoms with Gasteiger partial charge in [0.15, 0.2) is 12.4 Å². The number of nitrogens with zero attached hydrogens (tertiary/aromatic N) is 1. The molecule has 0 aliphatic heterocycles. The number of fused-ring (bicyclic) bond motifs is 1. The lowest BCUT2D eigenvalue weighted by atomic mass is 9.93. The number of aromatic nitrogens is 1. The van der Waals surface area contributed by atoms with Gasteiger partial charge in [0.1, 0.15) is 11.5 Å². The quantitative estimate of drug-likeness (QED) is 0.783. The Morgan fingerprint density at radius 1 is 1.12 bits per heavy atom. The highest BCUT2D eigenvalue weighted by atomic mass is 16.5. The largest absolute Gasteiger partial charge is 0.484 e. The summed E-state index contributed by atoms with van der Waals surface area (Å²) in [6.07, 6.45) is 0. The molecular weight excluding hydrogens is 304 g/mol. The van der Waals surface area contributed by atoms with Crippen LogP contribution in [0.25, 0.3) is 10.8 Å². The molecule has 124 valence electrons. The standard InChI is InChI=1S/C19H20N2O3/c1-19(2,3)16-11-17(21-24-16)20-18(22)12-23-15-9-8-13-6-4-5-7-14(13)10-15/h4-11H,12H2,1-3H3,(H,20,21,22). The van der Waals surface area contributed by atoms with Crippen LogP contribution in [0.3, 0.4) is 0 Å². The topological polar surface area (TPSA) is 64.4 Å². The van der Waals surface area contributed by atoms with E-state index in [0.717, 1.165) is 10.8 Å². The fourth-order valence-electron chi connectivity index (χ4n) is 2.27. The third-order valence-corrected chi connectivity index (χ3v) is 3.61. The minimum atomic E-state index is -0.281. The van der Waals surface area contributed by atoms with Crippen molar-refractivity contribution in [3.8, 4) is 5.75 Å². The lowest BCUT2D eigenvalue weighted by Crippen LogP contribution is -2.20. The maximum absolute atomic E-state index is 12.0. The van der Waals surface area contributed by atoms with Gasteiger partial charge in [-0.05, 0) is 22.9 Å². The number of hydrogen-bond acceptors (Lipinski definition) is 4. The molecule has 5 nitrogen and oxygen atoms in total. The Hall–Kier alpha value is -2.82. The van der Waals surface area contributed by atoms with Gasteiger partial charge in [-0.3, -0.25) is 4.79 Å². The summed E-state index contributed by atoms with van der Waals surface area (Å²) in [5.41, 5.74) is -0.155. The van der Waals surface area contributed by atoms with Crippen LogP contribution >= 0.6 is 0 Å². The Bertz CT molecular complexity index is 862. The minimum Gasteiger partial charge on any atom is -0.484 e. The van der Waals surface area contributed by atoms with Crippen LogP contribution in [0.2, 0.25) is 0 Å². The molecule has 3 aromatic rings. The van der Waals surface area contributed by atoms with E-state index >= 15 is 0 Å². The molecule has 3 rings (SSSR count). The number of anilines is 1. The molecule has 1 N–H and O–H groups in total. The molecule has 1 amide bonds. The highest BCUT2D eigenvalue weighted by molar-refractivity contribution is 5.91. The zero-order chi connectivity index (χ0) is 17.2. The monoisotopic (exact) mass is 324 g/mol. The van der Waals surface area contributed by atoms with Crippen LogP contribution < -0.4 is 10.1 Å². The van der Waals surface area contributed by atoms with Crippen molar-refractivity contribution in [2.24, 2.45) is 0 Å². The van der Waals surface area contributed by atoms with Crippen LogP contribution in [-0.4, -0.2) is 17.7 Å². The van der Waals surface area contributed by atoms with Crippen molar-refractivity contribution in [2.45, 2.75) is 26.2 Å². The summed E-state index contributed by atoms with van der Waals surface area (Å²) in [5.74, 6) is 1.48. The number of ether oxygens (including phenoxy) is 1. The molecule has 0 fully saturated rings. The molecule has 0 unspecified atom stereocenters. The molecule has 0 aliphatic carbocycles. The summed E-state index contributed by atoms with van der Waals surface area (Å²) in [5, 5.41) is 8.73. The number of carbonyl (C=O) groups excluding carboxylic acids is 1. The number of nitrogens with one attached hydrogen (secondary N) is 1. The molecule has 0 bridgehead atoms. The molecule has 1 heterocycles. The van der Waals surface area contributed by atoms with Gasteiger partial charge in [0.05, 0.1) is 0 Å². The Balaban J connectivity index is 1.59. The van der Waals surface area contributed by atoms with Crippen molar-refractivity contribution in [1.29, 1.82) is 0 Å².